The Bertz CT molecular complexity index is 1290. The molecule has 10 heteroatoms. The van der Waals surface area contributed by atoms with Gasteiger partial charge in [0.05, 0.1) is 25.7 Å². The summed E-state index contributed by atoms with van der Waals surface area (Å²) in [6, 6.07) is 9.48. The molecule has 4 aromatic rings. The number of hydrogen-bond acceptors (Lipinski definition) is 7. The summed E-state index contributed by atoms with van der Waals surface area (Å²) in [5.41, 5.74) is 3.07. The summed E-state index contributed by atoms with van der Waals surface area (Å²) >= 11 is 0. The normalized spacial score (nSPS) is 14.6. The van der Waals surface area contributed by atoms with E-state index < -0.39 is 0 Å². The molecule has 0 radical (unpaired) electrons. The molecule has 0 amide bonds. The minimum Gasteiger partial charge on any atom is -0.366 e. The Balaban J connectivity index is 1.30. The molecule has 0 atom stereocenters. The van der Waals surface area contributed by atoms with Crippen LogP contribution >= 0.6 is 0 Å². The lowest BCUT2D eigenvalue weighted by atomic mass is 10.1. The van der Waals surface area contributed by atoms with Gasteiger partial charge in [0.25, 0.3) is 0 Å². The van der Waals surface area contributed by atoms with Crippen molar-refractivity contribution in [2.24, 2.45) is 7.05 Å². The first-order chi connectivity index (χ1) is 16.1. The zero-order valence-electron chi connectivity index (χ0n) is 18.5. The van der Waals surface area contributed by atoms with Crippen LogP contribution in [0.4, 0.5) is 0 Å². The summed E-state index contributed by atoms with van der Waals surface area (Å²) in [7, 11) is 1.84. The molecule has 3 aromatic heterocycles. The van der Waals surface area contributed by atoms with Gasteiger partial charge in [0.15, 0.2) is 5.82 Å². The van der Waals surface area contributed by atoms with Crippen molar-refractivity contribution in [1.29, 1.82) is 0 Å². The molecule has 1 aliphatic rings. The van der Waals surface area contributed by atoms with Gasteiger partial charge in [-0.05, 0) is 18.1 Å². The standard InChI is InChI=1S/C23H26N8O2/c1-28-15-20(14-25-28)31-8-6-22(32)21(26-31)13-18-4-2-5-19(12-18)23-24-16-30(27-23)10-9-29-7-3-11-33-17-29/h2,4-6,8,12,14-16H,3,7,9-11,13,17H2,1H3. The van der Waals surface area contributed by atoms with E-state index in [0.29, 0.717) is 24.7 Å². The Morgan fingerprint density at radius 3 is 2.91 bits per heavy atom. The first kappa shape index (κ1) is 21.2. The maximum absolute atomic E-state index is 12.4. The molecule has 4 heterocycles. The van der Waals surface area contributed by atoms with Gasteiger partial charge in [-0.25, -0.2) is 9.67 Å². The van der Waals surface area contributed by atoms with Crippen LogP contribution in [0.1, 0.15) is 17.7 Å². The second-order valence-corrected chi connectivity index (χ2v) is 8.16. The van der Waals surface area contributed by atoms with Crippen molar-refractivity contribution in [3.63, 3.8) is 0 Å². The van der Waals surface area contributed by atoms with Gasteiger partial charge in [-0.3, -0.25) is 19.1 Å². The molecule has 0 N–H and O–H groups in total. The van der Waals surface area contributed by atoms with Crippen molar-refractivity contribution in [1.82, 2.24) is 39.2 Å². The highest BCUT2D eigenvalue weighted by molar-refractivity contribution is 5.55. The first-order valence-electron chi connectivity index (χ1n) is 11.0. The highest BCUT2D eigenvalue weighted by Gasteiger charge is 2.12. The van der Waals surface area contributed by atoms with Gasteiger partial charge in [-0.1, -0.05) is 18.2 Å². The molecule has 0 bridgehead atoms. The molecule has 1 fully saturated rings. The van der Waals surface area contributed by atoms with Gasteiger partial charge >= 0.3 is 0 Å². The molecule has 0 saturated carbocycles. The predicted molar refractivity (Wildman–Crippen MR) is 122 cm³/mol. The number of aromatic nitrogens is 7. The van der Waals surface area contributed by atoms with E-state index in [1.807, 2.05) is 42.2 Å². The Labute approximate surface area is 191 Å². The lowest BCUT2D eigenvalue weighted by Gasteiger charge is -2.26. The maximum atomic E-state index is 12.4. The molecule has 170 valence electrons. The van der Waals surface area contributed by atoms with Crippen molar-refractivity contribution in [3.05, 3.63) is 76.7 Å². The maximum Gasteiger partial charge on any atom is 0.203 e. The first-order valence-corrected chi connectivity index (χ1v) is 11.0. The fraction of sp³-hybridized carbons (Fsp3) is 0.348. The summed E-state index contributed by atoms with van der Waals surface area (Å²) < 4.78 is 10.7. The van der Waals surface area contributed by atoms with Gasteiger partial charge < -0.3 is 4.74 Å². The monoisotopic (exact) mass is 446 g/mol. The van der Waals surface area contributed by atoms with Crippen molar-refractivity contribution in [3.8, 4) is 17.1 Å². The minimum atomic E-state index is -0.0929. The van der Waals surface area contributed by atoms with E-state index in [-0.39, 0.29) is 5.43 Å². The molecule has 1 aromatic carbocycles. The van der Waals surface area contributed by atoms with Crippen LogP contribution in [-0.4, -0.2) is 65.7 Å². The van der Waals surface area contributed by atoms with Crippen LogP contribution in [0.2, 0.25) is 0 Å². The molecule has 33 heavy (non-hydrogen) atoms. The third-order valence-electron chi connectivity index (χ3n) is 5.61. The topological polar surface area (TPSA) is 95.9 Å². The second-order valence-electron chi connectivity index (χ2n) is 8.16. The average Bonchev–Trinajstić information content (AvgIpc) is 3.49. The van der Waals surface area contributed by atoms with Crippen molar-refractivity contribution in [2.75, 3.05) is 26.4 Å². The van der Waals surface area contributed by atoms with Crippen molar-refractivity contribution < 1.29 is 4.74 Å². The van der Waals surface area contributed by atoms with E-state index >= 15 is 0 Å². The van der Waals surface area contributed by atoms with Crippen molar-refractivity contribution in [2.45, 2.75) is 19.4 Å². The van der Waals surface area contributed by atoms with Crippen LogP contribution in [0.3, 0.4) is 0 Å². The SMILES string of the molecule is Cn1cc(-n2ccc(=O)c(Cc3cccc(-c4ncn(CCN5CCCOC5)n4)c3)n2)cn1. The number of nitrogens with zero attached hydrogens (tertiary/aromatic N) is 8. The van der Waals surface area contributed by atoms with Gasteiger partial charge in [0.2, 0.25) is 5.43 Å². The molecule has 0 spiro atoms. The van der Waals surface area contributed by atoms with Crippen LogP contribution < -0.4 is 5.43 Å². The average molecular weight is 447 g/mol. The number of benzene rings is 1. The van der Waals surface area contributed by atoms with Crippen LogP contribution in [0.15, 0.2) is 60.0 Å². The third-order valence-corrected chi connectivity index (χ3v) is 5.61. The minimum absolute atomic E-state index is 0.0929. The lowest BCUT2D eigenvalue weighted by Crippen LogP contribution is -2.35. The summed E-state index contributed by atoms with van der Waals surface area (Å²) in [6.45, 7) is 4.22. The Morgan fingerprint density at radius 1 is 1.15 bits per heavy atom. The lowest BCUT2D eigenvalue weighted by molar-refractivity contribution is -0.0150. The van der Waals surface area contributed by atoms with Crippen molar-refractivity contribution >= 4 is 0 Å². The van der Waals surface area contributed by atoms with E-state index in [1.165, 1.54) is 6.07 Å². The molecular weight excluding hydrogens is 420 g/mol. The molecule has 0 unspecified atom stereocenters. The highest BCUT2D eigenvalue weighted by atomic mass is 16.5. The van der Waals surface area contributed by atoms with Crippen LogP contribution in [-0.2, 0) is 24.8 Å². The second kappa shape index (κ2) is 9.47. The van der Waals surface area contributed by atoms with E-state index in [2.05, 4.69) is 25.2 Å². The number of hydrogen-bond donors (Lipinski definition) is 0. The molecule has 10 nitrogen and oxygen atoms in total. The Kier molecular flexibility index (Phi) is 6.09. The Morgan fingerprint density at radius 2 is 2.09 bits per heavy atom. The molecule has 0 aliphatic carbocycles. The number of aryl methyl sites for hydroxylation is 1. The van der Waals surface area contributed by atoms with Crippen LogP contribution in [0.25, 0.3) is 17.1 Å². The molecule has 5 rings (SSSR count). The molecule has 1 aliphatic heterocycles. The number of ether oxygens (including phenoxy) is 1. The zero-order valence-corrected chi connectivity index (χ0v) is 18.5. The fourth-order valence-electron chi connectivity index (χ4n) is 3.86. The van der Waals surface area contributed by atoms with E-state index in [0.717, 1.165) is 49.5 Å². The van der Waals surface area contributed by atoms with Crippen LogP contribution in [0.5, 0.6) is 0 Å². The highest BCUT2D eigenvalue weighted by Crippen LogP contribution is 2.17. The third kappa shape index (κ3) is 5.07. The van der Waals surface area contributed by atoms with E-state index in [9.17, 15) is 4.79 Å². The smallest absolute Gasteiger partial charge is 0.203 e. The summed E-state index contributed by atoms with van der Waals surface area (Å²) in [6.07, 6.45) is 8.47. The van der Waals surface area contributed by atoms with Gasteiger partial charge in [-0.2, -0.15) is 15.3 Å². The van der Waals surface area contributed by atoms with Gasteiger partial charge in [0, 0.05) is 51.0 Å². The van der Waals surface area contributed by atoms with Gasteiger partial charge in [0.1, 0.15) is 17.7 Å². The summed E-state index contributed by atoms with van der Waals surface area (Å²) in [5.74, 6) is 0.667. The van der Waals surface area contributed by atoms with E-state index in [4.69, 9.17) is 4.74 Å². The van der Waals surface area contributed by atoms with Crippen LogP contribution in [0, 0.1) is 0 Å². The fourth-order valence-corrected chi connectivity index (χ4v) is 3.86. The Hall–Kier alpha value is -3.63. The number of rotatable bonds is 7. The largest absolute Gasteiger partial charge is 0.366 e. The summed E-state index contributed by atoms with van der Waals surface area (Å²) in [5, 5.41) is 13.3. The molecular formula is C23H26N8O2. The summed E-state index contributed by atoms with van der Waals surface area (Å²) in [4.78, 5) is 19.2. The quantitative estimate of drug-likeness (QED) is 0.424. The van der Waals surface area contributed by atoms with E-state index in [1.54, 1.807) is 28.1 Å². The molecule has 1 saturated heterocycles. The zero-order chi connectivity index (χ0) is 22.6. The van der Waals surface area contributed by atoms with Gasteiger partial charge in [-0.15, -0.1) is 0 Å². The predicted octanol–water partition coefficient (Wildman–Crippen LogP) is 1.50.